The summed E-state index contributed by atoms with van der Waals surface area (Å²) in [4.78, 5) is 17.7. The van der Waals surface area contributed by atoms with Crippen LogP contribution in [0.5, 0.6) is 0 Å². The second kappa shape index (κ2) is 6.47. The van der Waals surface area contributed by atoms with Crippen LogP contribution in [0.2, 0.25) is 0 Å². The number of nitrogens with one attached hydrogen (secondary N) is 1. The number of fused-ring (bicyclic) bond motifs is 1. The first kappa shape index (κ1) is 15.0. The lowest BCUT2D eigenvalue weighted by Gasteiger charge is -2.15. The van der Waals surface area contributed by atoms with E-state index in [-0.39, 0.29) is 5.78 Å². The molecule has 0 spiro atoms. The van der Waals surface area contributed by atoms with E-state index in [2.05, 4.69) is 11.1 Å². The molecule has 3 rings (SSSR count). The van der Waals surface area contributed by atoms with Crippen molar-refractivity contribution in [3.8, 4) is 6.07 Å². The van der Waals surface area contributed by atoms with Crippen molar-refractivity contribution in [2.24, 2.45) is 0 Å². The Morgan fingerprint density at radius 1 is 1.22 bits per heavy atom. The van der Waals surface area contributed by atoms with Crippen LogP contribution in [-0.4, -0.2) is 29.3 Å². The molecule has 0 aliphatic heterocycles. The molecule has 0 aliphatic carbocycles. The van der Waals surface area contributed by atoms with Gasteiger partial charge in [0.1, 0.15) is 0 Å². The van der Waals surface area contributed by atoms with Crippen LogP contribution < -0.4 is 0 Å². The summed E-state index contributed by atoms with van der Waals surface area (Å²) in [5.41, 5.74) is 3.24. The zero-order valence-electron chi connectivity index (χ0n) is 12.9. The summed E-state index contributed by atoms with van der Waals surface area (Å²) in [6.45, 7) is 1.05. The molecule has 0 unspecified atom stereocenters. The van der Waals surface area contributed by atoms with Gasteiger partial charge in [0.05, 0.1) is 18.2 Å². The van der Waals surface area contributed by atoms with Crippen molar-refractivity contribution in [1.82, 2.24) is 9.88 Å². The number of Topliss-reactive ketones (excluding diaryl/α,β-unsaturated/α-hetero) is 1. The van der Waals surface area contributed by atoms with Gasteiger partial charge in [-0.15, -0.1) is 0 Å². The van der Waals surface area contributed by atoms with E-state index in [1.54, 1.807) is 18.3 Å². The summed E-state index contributed by atoms with van der Waals surface area (Å²) in [5.74, 6) is 0.0461. The highest BCUT2D eigenvalue weighted by atomic mass is 16.1. The average Bonchev–Trinajstić information content (AvgIpc) is 2.98. The number of nitrogens with zero attached hydrogens (tertiary/aromatic N) is 2. The number of carbonyl (C=O) groups is 1. The van der Waals surface area contributed by atoms with E-state index in [9.17, 15) is 4.79 Å². The number of hydrogen-bond donors (Lipinski definition) is 1. The maximum Gasteiger partial charge on any atom is 0.178 e. The number of H-pyrrole nitrogens is 1. The SMILES string of the molecule is CN(CC(=O)c1c[nH]c2ccc(C#N)cc12)Cc1ccccc1. The van der Waals surface area contributed by atoms with Crippen molar-refractivity contribution in [3.63, 3.8) is 0 Å². The van der Waals surface area contributed by atoms with Crippen LogP contribution in [0.1, 0.15) is 21.5 Å². The molecule has 0 amide bonds. The summed E-state index contributed by atoms with van der Waals surface area (Å²) >= 11 is 0. The lowest BCUT2D eigenvalue weighted by molar-refractivity contribution is 0.0944. The third kappa shape index (κ3) is 3.31. The summed E-state index contributed by atoms with van der Waals surface area (Å²) in [7, 11) is 1.93. The lowest BCUT2D eigenvalue weighted by atomic mass is 10.1. The maximum atomic E-state index is 12.6. The van der Waals surface area contributed by atoms with Gasteiger partial charge < -0.3 is 4.98 Å². The molecule has 0 radical (unpaired) electrons. The average molecular weight is 303 g/mol. The van der Waals surface area contributed by atoms with Gasteiger partial charge in [-0.3, -0.25) is 9.69 Å². The number of hydrogen-bond acceptors (Lipinski definition) is 3. The number of aromatic nitrogens is 1. The Morgan fingerprint density at radius 2 is 2.00 bits per heavy atom. The molecular formula is C19H17N3O. The minimum Gasteiger partial charge on any atom is -0.360 e. The second-order valence-electron chi connectivity index (χ2n) is 5.66. The van der Waals surface area contributed by atoms with E-state index in [4.69, 9.17) is 5.26 Å². The van der Waals surface area contributed by atoms with Crippen molar-refractivity contribution in [2.45, 2.75) is 6.54 Å². The molecule has 0 atom stereocenters. The van der Waals surface area contributed by atoms with Gasteiger partial charge in [-0.25, -0.2) is 0 Å². The van der Waals surface area contributed by atoms with Gasteiger partial charge in [-0.1, -0.05) is 30.3 Å². The van der Waals surface area contributed by atoms with E-state index in [0.717, 1.165) is 17.4 Å². The normalized spacial score (nSPS) is 10.8. The number of likely N-dealkylation sites (N-methyl/N-ethyl adjacent to an activating group) is 1. The summed E-state index contributed by atoms with van der Waals surface area (Å²) in [6, 6.07) is 17.5. The van der Waals surface area contributed by atoms with Crippen LogP contribution in [-0.2, 0) is 6.54 Å². The highest BCUT2D eigenvalue weighted by Crippen LogP contribution is 2.20. The van der Waals surface area contributed by atoms with Crippen molar-refractivity contribution >= 4 is 16.7 Å². The van der Waals surface area contributed by atoms with Gasteiger partial charge in [-0.2, -0.15) is 5.26 Å². The quantitative estimate of drug-likeness (QED) is 0.735. The molecule has 0 bridgehead atoms. The van der Waals surface area contributed by atoms with Crippen LogP contribution in [0.3, 0.4) is 0 Å². The predicted molar refractivity (Wildman–Crippen MR) is 90.1 cm³/mol. The topological polar surface area (TPSA) is 59.9 Å². The molecule has 0 fully saturated rings. The van der Waals surface area contributed by atoms with Crippen LogP contribution in [0.15, 0.2) is 54.7 Å². The fraction of sp³-hybridized carbons (Fsp3) is 0.158. The Morgan fingerprint density at radius 3 is 2.74 bits per heavy atom. The van der Waals surface area contributed by atoms with Crippen molar-refractivity contribution < 1.29 is 4.79 Å². The van der Waals surface area contributed by atoms with Crippen molar-refractivity contribution in [3.05, 3.63) is 71.4 Å². The molecule has 23 heavy (non-hydrogen) atoms. The molecule has 4 heteroatoms. The van der Waals surface area contributed by atoms with E-state index in [0.29, 0.717) is 17.7 Å². The number of benzene rings is 2. The molecular weight excluding hydrogens is 286 g/mol. The number of aromatic amines is 1. The molecule has 2 aromatic carbocycles. The molecule has 0 aliphatic rings. The molecule has 1 heterocycles. The van der Waals surface area contributed by atoms with Gasteiger partial charge in [0.25, 0.3) is 0 Å². The molecule has 1 N–H and O–H groups in total. The summed E-state index contributed by atoms with van der Waals surface area (Å²) in [6.07, 6.45) is 1.73. The van der Waals surface area contributed by atoms with Crippen LogP contribution in [0.25, 0.3) is 10.9 Å². The Kier molecular flexibility index (Phi) is 4.22. The molecule has 114 valence electrons. The first-order valence-electron chi connectivity index (χ1n) is 7.44. The fourth-order valence-electron chi connectivity index (χ4n) is 2.70. The van der Waals surface area contributed by atoms with Crippen molar-refractivity contribution in [1.29, 1.82) is 5.26 Å². The van der Waals surface area contributed by atoms with Gasteiger partial charge in [0.2, 0.25) is 0 Å². The Hall–Kier alpha value is -2.90. The number of nitriles is 1. The molecule has 1 aromatic heterocycles. The summed E-state index contributed by atoms with van der Waals surface area (Å²) in [5, 5.41) is 9.83. The molecule has 4 nitrogen and oxygen atoms in total. The Labute approximate surface area is 135 Å². The molecule has 0 saturated heterocycles. The lowest BCUT2D eigenvalue weighted by Crippen LogP contribution is -2.25. The second-order valence-corrected chi connectivity index (χ2v) is 5.66. The summed E-state index contributed by atoms with van der Waals surface area (Å²) < 4.78 is 0. The third-order valence-electron chi connectivity index (χ3n) is 3.82. The van der Waals surface area contributed by atoms with Crippen LogP contribution >= 0.6 is 0 Å². The van der Waals surface area contributed by atoms with Gasteiger partial charge >= 0.3 is 0 Å². The molecule has 0 saturated carbocycles. The molecule has 3 aromatic rings. The third-order valence-corrected chi connectivity index (χ3v) is 3.82. The Bertz CT molecular complexity index is 875. The number of carbonyl (C=O) groups excluding carboxylic acids is 1. The van der Waals surface area contributed by atoms with E-state index >= 15 is 0 Å². The van der Waals surface area contributed by atoms with Crippen LogP contribution in [0.4, 0.5) is 0 Å². The number of rotatable bonds is 5. The van der Waals surface area contributed by atoms with Gasteiger partial charge in [0, 0.05) is 29.2 Å². The Balaban J connectivity index is 1.77. The standard InChI is InChI=1S/C19H17N3O/c1-22(12-14-5-3-2-4-6-14)13-19(23)17-11-21-18-8-7-15(10-20)9-16(17)18/h2-9,11,21H,12-13H2,1H3. The largest absolute Gasteiger partial charge is 0.360 e. The zero-order valence-corrected chi connectivity index (χ0v) is 12.9. The first-order valence-corrected chi connectivity index (χ1v) is 7.44. The van der Waals surface area contributed by atoms with Gasteiger partial charge in [0.15, 0.2) is 5.78 Å². The smallest absolute Gasteiger partial charge is 0.178 e. The van der Waals surface area contributed by atoms with Gasteiger partial charge in [-0.05, 0) is 30.8 Å². The van der Waals surface area contributed by atoms with E-state index < -0.39 is 0 Å². The monoisotopic (exact) mass is 303 g/mol. The minimum atomic E-state index is 0.0461. The fourth-order valence-corrected chi connectivity index (χ4v) is 2.70. The highest BCUT2D eigenvalue weighted by molar-refractivity contribution is 6.09. The first-order chi connectivity index (χ1) is 11.2. The van der Waals surface area contributed by atoms with E-state index in [1.807, 2.05) is 48.3 Å². The minimum absolute atomic E-state index is 0.0461. The van der Waals surface area contributed by atoms with Crippen molar-refractivity contribution in [2.75, 3.05) is 13.6 Å². The maximum absolute atomic E-state index is 12.6. The zero-order chi connectivity index (χ0) is 16.2. The van der Waals surface area contributed by atoms with E-state index in [1.165, 1.54) is 5.56 Å². The highest BCUT2D eigenvalue weighted by Gasteiger charge is 2.14. The predicted octanol–water partition coefficient (Wildman–Crippen LogP) is 3.35. The number of ketones is 1. The van der Waals surface area contributed by atoms with Crippen LogP contribution in [0, 0.1) is 11.3 Å².